The summed E-state index contributed by atoms with van der Waals surface area (Å²) in [5, 5.41) is 8.19. The maximum Gasteiger partial charge on any atom is 0.252 e. The Morgan fingerprint density at radius 3 is 2.75 bits per heavy atom. The molecule has 1 aromatic heterocycles. The highest BCUT2D eigenvalue weighted by molar-refractivity contribution is 7.08. The predicted molar refractivity (Wildman–Crippen MR) is 116 cm³/mol. The van der Waals surface area contributed by atoms with Gasteiger partial charge in [0.05, 0.1) is 16.6 Å². The zero-order valence-electron chi connectivity index (χ0n) is 15.2. The molecule has 0 spiro atoms. The van der Waals surface area contributed by atoms with Crippen molar-refractivity contribution in [1.82, 2.24) is 10.2 Å². The van der Waals surface area contributed by atoms with Crippen LogP contribution in [0.5, 0.6) is 0 Å². The Bertz CT molecular complexity index is 974. The second kappa shape index (κ2) is 8.66. The minimum atomic E-state index is -0.204. The molecule has 1 atom stereocenters. The Labute approximate surface area is 178 Å². The number of hydrogen-bond donors (Lipinski definition) is 1. The SMILES string of the molecule is O=C(NCC(c1ccsc1)N1CCc2ccccc2C1)c1cc(Cl)ccc1Cl. The Kier molecular flexibility index (Phi) is 6.02. The van der Waals surface area contributed by atoms with E-state index >= 15 is 0 Å². The molecule has 1 unspecified atom stereocenters. The maximum absolute atomic E-state index is 12.7. The first-order chi connectivity index (χ1) is 13.6. The molecule has 1 aliphatic heterocycles. The van der Waals surface area contributed by atoms with Gasteiger partial charge in [-0.1, -0.05) is 47.5 Å². The van der Waals surface area contributed by atoms with Gasteiger partial charge in [0, 0.05) is 24.7 Å². The molecule has 144 valence electrons. The molecule has 6 heteroatoms. The maximum atomic E-state index is 12.7. The molecular formula is C22H20Cl2N2OS. The van der Waals surface area contributed by atoms with Crippen molar-refractivity contribution in [3.8, 4) is 0 Å². The summed E-state index contributed by atoms with van der Waals surface area (Å²) in [7, 11) is 0. The van der Waals surface area contributed by atoms with E-state index in [4.69, 9.17) is 23.2 Å². The molecule has 1 amide bonds. The fourth-order valence-corrected chi connectivity index (χ4v) is 4.74. The van der Waals surface area contributed by atoms with Crippen molar-refractivity contribution in [2.45, 2.75) is 19.0 Å². The third-order valence-electron chi connectivity index (χ3n) is 5.16. The molecule has 0 saturated carbocycles. The molecule has 28 heavy (non-hydrogen) atoms. The van der Waals surface area contributed by atoms with Gasteiger partial charge in [-0.3, -0.25) is 9.69 Å². The standard InChI is InChI=1S/C22H20Cl2N2OS/c23-18-5-6-20(24)19(11-18)22(27)25-12-21(17-8-10-28-14-17)26-9-7-15-3-1-2-4-16(15)13-26/h1-6,8,10-11,14,21H,7,9,12-13H2,(H,25,27). The highest BCUT2D eigenvalue weighted by atomic mass is 35.5. The van der Waals surface area contributed by atoms with Crippen LogP contribution in [0, 0.1) is 0 Å². The summed E-state index contributed by atoms with van der Waals surface area (Å²) in [5.41, 5.74) is 4.40. The fraction of sp³-hybridized carbons (Fsp3) is 0.227. The number of hydrogen-bond acceptors (Lipinski definition) is 3. The third kappa shape index (κ3) is 4.26. The Balaban J connectivity index is 1.52. The van der Waals surface area contributed by atoms with Crippen LogP contribution in [0.4, 0.5) is 0 Å². The number of rotatable bonds is 5. The minimum absolute atomic E-state index is 0.113. The smallest absolute Gasteiger partial charge is 0.252 e. The Morgan fingerprint density at radius 2 is 1.96 bits per heavy atom. The average molecular weight is 431 g/mol. The molecule has 0 fully saturated rings. The third-order valence-corrected chi connectivity index (χ3v) is 6.42. The topological polar surface area (TPSA) is 32.3 Å². The van der Waals surface area contributed by atoms with Crippen LogP contribution < -0.4 is 5.32 Å². The predicted octanol–water partition coefficient (Wildman–Crippen LogP) is 5.58. The van der Waals surface area contributed by atoms with Gasteiger partial charge in [-0.2, -0.15) is 11.3 Å². The van der Waals surface area contributed by atoms with Gasteiger partial charge in [-0.05, 0) is 58.1 Å². The lowest BCUT2D eigenvalue weighted by Gasteiger charge is -2.35. The molecule has 1 N–H and O–H groups in total. The van der Waals surface area contributed by atoms with Crippen LogP contribution in [0.25, 0.3) is 0 Å². The fourth-order valence-electron chi connectivity index (χ4n) is 3.66. The minimum Gasteiger partial charge on any atom is -0.350 e. The summed E-state index contributed by atoms with van der Waals surface area (Å²) in [6, 6.07) is 15.8. The summed E-state index contributed by atoms with van der Waals surface area (Å²) in [4.78, 5) is 15.1. The first-order valence-corrected chi connectivity index (χ1v) is 10.9. The summed E-state index contributed by atoms with van der Waals surface area (Å²) >= 11 is 13.9. The number of halogens is 2. The van der Waals surface area contributed by atoms with Crippen molar-refractivity contribution >= 4 is 40.4 Å². The Morgan fingerprint density at radius 1 is 1.14 bits per heavy atom. The highest BCUT2D eigenvalue weighted by Gasteiger charge is 2.26. The van der Waals surface area contributed by atoms with Crippen molar-refractivity contribution in [2.24, 2.45) is 0 Å². The number of carbonyl (C=O) groups is 1. The zero-order chi connectivity index (χ0) is 19.5. The number of nitrogens with one attached hydrogen (secondary N) is 1. The molecule has 0 aliphatic carbocycles. The lowest BCUT2D eigenvalue weighted by molar-refractivity contribution is 0.0928. The van der Waals surface area contributed by atoms with Crippen molar-refractivity contribution in [1.29, 1.82) is 0 Å². The van der Waals surface area contributed by atoms with Crippen molar-refractivity contribution in [3.63, 3.8) is 0 Å². The van der Waals surface area contributed by atoms with E-state index in [0.717, 1.165) is 19.5 Å². The number of benzene rings is 2. The van der Waals surface area contributed by atoms with Crippen molar-refractivity contribution in [2.75, 3.05) is 13.1 Å². The van der Waals surface area contributed by atoms with Crippen LogP contribution in [-0.2, 0) is 13.0 Å². The van der Waals surface area contributed by atoms with Crippen LogP contribution in [0.1, 0.15) is 33.1 Å². The summed E-state index contributed by atoms with van der Waals surface area (Å²) in [6.07, 6.45) is 1.02. The van der Waals surface area contributed by atoms with E-state index in [1.54, 1.807) is 29.5 Å². The average Bonchev–Trinajstić information content (AvgIpc) is 3.24. The number of nitrogens with zero attached hydrogens (tertiary/aromatic N) is 1. The number of amides is 1. The first kappa shape index (κ1) is 19.5. The van der Waals surface area contributed by atoms with Gasteiger partial charge in [-0.15, -0.1) is 0 Å². The van der Waals surface area contributed by atoms with Gasteiger partial charge in [0.25, 0.3) is 5.91 Å². The van der Waals surface area contributed by atoms with E-state index in [0.29, 0.717) is 22.2 Å². The van der Waals surface area contributed by atoms with Gasteiger partial charge < -0.3 is 5.32 Å². The molecule has 2 heterocycles. The second-order valence-corrected chi connectivity index (χ2v) is 8.52. The van der Waals surface area contributed by atoms with Crippen LogP contribution in [0.15, 0.2) is 59.3 Å². The summed E-state index contributed by atoms with van der Waals surface area (Å²) in [5.74, 6) is -0.204. The quantitative estimate of drug-likeness (QED) is 0.572. The van der Waals surface area contributed by atoms with Gasteiger partial charge in [0.15, 0.2) is 0 Å². The second-order valence-electron chi connectivity index (χ2n) is 6.90. The molecule has 2 aromatic carbocycles. The first-order valence-electron chi connectivity index (χ1n) is 9.18. The van der Waals surface area contributed by atoms with Crippen molar-refractivity contribution < 1.29 is 4.79 Å². The molecule has 4 rings (SSSR count). The molecular weight excluding hydrogens is 411 g/mol. The van der Waals surface area contributed by atoms with Crippen LogP contribution in [0.3, 0.4) is 0 Å². The number of fused-ring (bicyclic) bond motifs is 1. The van der Waals surface area contributed by atoms with Crippen molar-refractivity contribution in [3.05, 3.63) is 91.6 Å². The molecule has 3 aromatic rings. The van der Waals surface area contributed by atoms with E-state index in [-0.39, 0.29) is 11.9 Å². The summed E-state index contributed by atoms with van der Waals surface area (Å²) < 4.78 is 0. The van der Waals surface area contributed by atoms with Gasteiger partial charge in [0.2, 0.25) is 0 Å². The Hall–Kier alpha value is -1.85. The molecule has 0 radical (unpaired) electrons. The summed E-state index contributed by atoms with van der Waals surface area (Å²) in [6.45, 7) is 2.36. The van der Waals surface area contributed by atoms with E-state index in [9.17, 15) is 4.79 Å². The van der Waals surface area contributed by atoms with Gasteiger partial charge >= 0.3 is 0 Å². The van der Waals surface area contributed by atoms with Crippen LogP contribution in [-0.4, -0.2) is 23.9 Å². The van der Waals surface area contributed by atoms with E-state index in [1.165, 1.54) is 16.7 Å². The van der Waals surface area contributed by atoms with E-state index in [2.05, 4.69) is 51.3 Å². The zero-order valence-corrected chi connectivity index (χ0v) is 17.5. The van der Waals surface area contributed by atoms with E-state index in [1.807, 2.05) is 0 Å². The monoisotopic (exact) mass is 430 g/mol. The van der Waals surface area contributed by atoms with Gasteiger partial charge in [-0.25, -0.2) is 0 Å². The number of thiophene rings is 1. The lowest BCUT2D eigenvalue weighted by atomic mass is 9.97. The van der Waals surface area contributed by atoms with Crippen LogP contribution in [0.2, 0.25) is 10.0 Å². The highest BCUT2D eigenvalue weighted by Crippen LogP contribution is 2.29. The lowest BCUT2D eigenvalue weighted by Crippen LogP contribution is -2.40. The van der Waals surface area contributed by atoms with E-state index < -0.39 is 0 Å². The molecule has 0 bridgehead atoms. The molecule has 3 nitrogen and oxygen atoms in total. The normalized spacial score (nSPS) is 15.1. The van der Waals surface area contributed by atoms with Gasteiger partial charge in [0.1, 0.15) is 0 Å². The number of carbonyl (C=O) groups excluding carboxylic acids is 1. The molecule has 1 aliphatic rings. The largest absolute Gasteiger partial charge is 0.350 e. The molecule has 0 saturated heterocycles. The van der Waals surface area contributed by atoms with Crippen LogP contribution >= 0.6 is 34.5 Å².